The molecule has 1 heterocycles. The van der Waals surface area contributed by atoms with Gasteiger partial charge in [-0.15, -0.1) is 10.2 Å². The molecule has 0 fully saturated rings. The molecule has 56 valence electrons. The lowest BCUT2D eigenvalue weighted by molar-refractivity contribution is 0.354. The summed E-state index contributed by atoms with van der Waals surface area (Å²) in [5.74, 6) is 0.715. The Labute approximate surface area is 60.5 Å². The molecule has 0 bridgehead atoms. The molecule has 0 aliphatic carbocycles. The summed E-state index contributed by atoms with van der Waals surface area (Å²) in [6.07, 6.45) is 2.20. The Bertz CT molecular complexity index is 186. The van der Waals surface area contributed by atoms with Crippen LogP contribution in [0, 0.1) is 5.41 Å². The predicted octanol–water partition coefficient (Wildman–Crippen LogP) is 1.66. The molecule has 0 amide bonds. The largest absolute Gasteiger partial charge is 0.428 e. The molecule has 0 atom stereocenters. The van der Waals surface area contributed by atoms with Crippen molar-refractivity contribution in [3.8, 4) is 0 Å². The van der Waals surface area contributed by atoms with Gasteiger partial charge in [0.15, 0.2) is 0 Å². The molecule has 1 rings (SSSR count). The minimum Gasteiger partial charge on any atom is -0.428 e. The molecular weight excluding hydrogens is 128 g/mol. The SMILES string of the molecule is CC(C)(C)Cc1nnco1. The molecule has 0 aliphatic heterocycles. The van der Waals surface area contributed by atoms with E-state index in [2.05, 4.69) is 31.0 Å². The number of hydrogen-bond donors (Lipinski definition) is 0. The molecule has 0 saturated carbocycles. The van der Waals surface area contributed by atoms with Crippen molar-refractivity contribution in [2.75, 3.05) is 0 Å². The lowest BCUT2D eigenvalue weighted by Crippen LogP contribution is -2.09. The lowest BCUT2D eigenvalue weighted by Gasteiger charge is -2.13. The van der Waals surface area contributed by atoms with Gasteiger partial charge in [0.25, 0.3) is 0 Å². The van der Waals surface area contributed by atoms with Crippen LogP contribution in [0.4, 0.5) is 0 Å². The molecule has 1 aromatic rings. The Balaban J connectivity index is 2.57. The number of aromatic nitrogens is 2. The Hall–Kier alpha value is -0.860. The molecule has 0 unspecified atom stereocenters. The van der Waals surface area contributed by atoms with Crippen molar-refractivity contribution in [3.05, 3.63) is 12.3 Å². The average molecular weight is 140 g/mol. The van der Waals surface area contributed by atoms with Gasteiger partial charge in [0.1, 0.15) is 0 Å². The summed E-state index contributed by atoms with van der Waals surface area (Å²) in [4.78, 5) is 0. The minimum atomic E-state index is 0.229. The summed E-state index contributed by atoms with van der Waals surface area (Å²) in [5.41, 5.74) is 0.229. The molecule has 0 spiro atoms. The van der Waals surface area contributed by atoms with E-state index in [0.29, 0.717) is 5.89 Å². The first-order valence-electron chi connectivity index (χ1n) is 3.33. The molecule has 3 heteroatoms. The number of hydrogen-bond acceptors (Lipinski definition) is 3. The number of nitrogens with zero attached hydrogens (tertiary/aromatic N) is 2. The van der Waals surface area contributed by atoms with Gasteiger partial charge in [0, 0.05) is 6.42 Å². The molecular formula is C7H12N2O. The zero-order valence-electron chi connectivity index (χ0n) is 6.59. The van der Waals surface area contributed by atoms with E-state index in [4.69, 9.17) is 4.42 Å². The van der Waals surface area contributed by atoms with Crippen LogP contribution in [0.5, 0.6) is 0 Å². The smallest absolute Gasteiger partial charge is 0.216 e. The van der Waals surface area contributed by atoms with Crippen LogP contribution in [0.25, 0.3) is 0 Å². The van der Waals surface area contributed by atoms with Crippen LogP contribution >= 0.6 is 0 Å². The summed E-state index contributed by atoms with van der Waals surface area (Å²) < 4.78 is 4.99. The van der Waals surface area contributed by atoms with Gasteiger partial charge in [-0.05, 0) is 5.41 Å². The maximum atomic E-state index is 4.99. The minimum absolute atomic E-state index is 0.229. The Morgan fingerprint density at radius 3 is 2.60 bits per heavy atom. The van der Waals surface area contributed by atoms with Crippen LogP contribution in [0.15, 0.2) is 10.8 Å². The molecule has 0 radical (unpaired) electrons. The van der Waals surface area contributed by atoms with Gasteiger partial charge in [0.05, 0.1) is 0 Å². The highest BCUT2D eigenvalue weighted by Crippen LogP contribution is 2.18. The van der Waals surface area contributed by atoms with Crippen molar-refractivity contribution in [2.24, 2.45) is 5.41 Å². The van der Waals surface area contributed by atoms with E-state index in [9.17, 15) is 0 Å². The van der Waals surface area contributed by atoms with Gasteiger partial charge >= 0.3 is 0 Å². The maximum absolute atomic E-state index is 4.99. The highest BCUT2D eigenvalue weighted by molar-refractivity contribution is 4.80. The van der Waals surface area contributed by atoms with Crippen LogP contribution < -0.4 is 0 Å². The second kappa shape index (κ2) is 2.40. The second-order valence-electron chi connectivity index (χ2n) is 3.57. The summed E-state index contributed by atoms with van der Waals surface area (Å²) >= 11 is 0. The van der Waals surface area contributed by atoms with Crippen molar-refractivity contribution in [3.63, 3.8) is 0 Å². The van der Waals surface area contributed by atoms with E-state index in [1.54, 1.807) is 0 Å². The fourth-order valence-electron chi connectivity index (χ4n) is 0.727. The van der Waals surface area contributed by atoms with Gasteiger partial charge in [-0.2, -0.15) is 0 Å². The third-order valence-corrected chi connectivity index (χ3v) is 1.09. The first kappa shape index (κ1) is 7.25. The summed E-state index contributed by atoms with van der Waals surface area (Å²) in [6, 6.07) is 0. The third kappa shape index (κ3) is 2.17. The molecule has 0 N–H and O–H groups in total. The molecule has 10 heavy (non-hydrogen) atoms. The van der Waals surface area contributed by atoms with E-state index in [1.165, 1.54) is 6.39 Å². The molecule has 0 aromatic carbocycles. The van der Waals surface area contributed by atoms with Crippen LogP contribution in [0.2, 0.25) is 0 Å². The van der Waals surface area contributed by atoms with E-state index in [0.717, 1.165) is 6.42 Å². The molecule has 0 aliphatic rings. The average Bonchev–Trinajstić information content (AvgIpc) is 2.12. The van der Waals surface area contributed by atoms with Crippen LogP contribution in [0.1, 0.15) is 26.7 Å². The second-order valence-corrected chi connectivity index (χ2v) is 3.57. The fraction of sp³-hybridized carbons (Fsp3) is 0.714. The Morgan fingerprint density at radius 1 is 1.50 bits per heavy atom. The molecule has 3 nitrogen and oxygen atoms in total. The monoisotopic (exact) mass is 140 g/mol. The van der Waals surface area contributed by atoms with Gasteiger partial charge in [-0.1, -0.05) is 20.8 Å². The normalized spacial score (nSPS) is 11.9. The standard InChI is InChI=1S/C7H12N2O/c1-7(2,3)4-6-9-8-5-10-6/h5H,4H2,1-3H3. The quantitative estimate of drug-likeness (QED) is 0.595. The van der Waals surface area contributed by atoms with Crippen molar-refractivity contribution in [2.45, 2.75) is 27.2 Å². The maximum Gasteiger partial charge on any atom is 0.216 e. The lowest BCUT2D eigenvalue weighted by atomic mass is 9.92. The van der Waals surface area contributed by atoms with Crippen LogP contribution in [0.3, 0.4) is 0 Å². The van der Waals surface area contributed by atoms with E-state index in [1.807, 2.05) is 0 Å². The van der Waals surface area contributed by atoms with Crippen LogP contribution in [-0.4, -0.2) is 10.2 Å². The Kier molecular flexibility index (Phi) is 1.74. The molecule has 0 saturated heterocycles. The molecule has 1 aromatic heterocycles. The summed E-state index contributed by atoms with van der Waals surface area (Å²) in [5, 5.41) is 7.37. The van der Waals surface area contributed by atoms with E-state index < -0.39 is 0 Å². The van der Waals surface area contributed by atoms with Crippen molar-refractivity contribution in [1.82, 2.24) is 10.2 Å². The first-order valence-corrected chi connectivity index (χ1v) is 3.33. The van der Waals surface area contributed by atoms with Crippen molar-refractivity contribution >= 4 is 0 Å². The summed E-state index contributed by atoms with van der Waals surface area (Å²) in [6.45, 7) is 6.41. The highest BCUT2D eigenvalue weighted by Gasteiger charge is 2.13. The van der Waals surface area contributed by atoms with Crippen LogP contribution in [-0.2, 0) is 6.42 Å². The Morgan fingerprint density at radius 2 is 2.20 bits per heavy atom. The highest BCUT2D eigenvalue weighted by atomic mass is 16.4. The number of rotatable bonds is 1. The van der Waals surface area contributed by atoms with Crippen molar-refractivity contribution < 1.29 is 4.42 Å². The zero-order valence-corrected chi connectivity index (χ0v) is 6.59. The van der Waals surface area contributed by atoms with E-state index >= 15 is 0 Å². The fourth-order valence-corrected chi connectivity index (χ4v) is 0.727. The van der Waals surface area contributed by atoms with Crippen molar-refractivity contribution in [1.29, 1.82) is 0 Å². The first-order chi connectivity index (χ1) is 4.58. The summed E-state index contributed by atoms with van der Waals surface area (Å²) in [7, 11) is 0. The van der Waals surface area contributed by atoms with Gasteiger partial charge in [0.2, 0.25) is 12.3 Å². The zero-order chi connectivity index (χ0) is 7.61. The topological polar surface area (TPSA) is 38.9 Å². The van der Waals surface area contributed by atoms with E-state index in [-0.39, 0.29) is 5.41 Å². The van der Waals surface area contributed by atoms with Gasteiger partial charge in [-0.3, -0.25) is 0 Å². The van der Waals surface area contributed by atoms with Gasteiger partial charge < -0.3 is 4.42 Å². The third-order valence-electron chi connectivity index (χ3n) is 1.09. The van der Waals surface area contributed by atoms with Gasteiger partial charge in [-0.25, -0.2) is 0 Å². The predicted molar refractivity (Wildman–Crippen MR) is 37.5 cm³/mol.